The SMILES string of the molecule is O=C(Nc1cccc(-c2nc3ncccc3o2)c1)c1ccccc1Cl. The maximum atomic E-state index is 12.4. The van der Waals surface area contributed by atoms with E-state index in [2.05, 4.69) is 15.3 Å². The molecule has 0 aliphatic rings. The number of pyridine rings is 1. The lowest BCUT2D eigenvalue weighted by atomic mass is 10.1. The highest BCUT2D eigenvalue weighted by molar-refractivity contribution is 6.34. The molecule has 122 valence electrons. The van der Waals surface area contributed by atoms with Gasteiger partial charge in [-0.05, 0) is 42.5 Å². The number of rotatable bonds is 3. The Labute approximate surface area is 148 Å². The highest BCUT2D eigenvalue weighted by Gasteiger charge is 2.12. The van der Waals surface area contributed by atoms with Gasteiger partial charge in [-0.1, -0.05) is 29.8 Å². The number of anilines is 1. The van der Waals surface area contributed by atoms with Crippen LogP contribution < -0.4 is 5.32 Å². The normalized spacial score (nSPS) is 10.8. The summed E-state index contributed by atoms with van der Waals surface area (Å²) in [7, 11) is 0. The summed E-state index contributed by atoms with van der Waals surface area (Å²) in [5, 5.41) is 3.24. The molecule has 0 radical (unpaired) electrons. The molecular weight excluding hydrogens is 338 g/mol. The molecule has 0 aliphatic carbocycles. The van der Waals surface area contributed by atoms with Crippen LogP contribution >= 0.6 is 11.6 Å². The summed E-state index contributed by atoms with van der Waals surface area (Å²) in [5.74, 6) is 0.171. The minimum Gasteiger partial charge on any atom is -0.434 e. The number of benzene rings is 2. The van der Waals surface area contributed by atoms with E-state index in [0.29, 0.717) is 33.4 Å². The number of carbonyl (C=O) groups excluding carboxylic acids is 1. The first-order valence-corrected chi connectivity index (χ1v) is 7.96. The molecule has 0 unspecified atom stereocenters. The van der Waals surface area contributed by atoms with E-state index in [-0.39, 0.29) is 5.91 Å². The molecule has 2 heterocycles. The Bertz CT molecular complexity index is 1040. The first kappa shape index (κ1) is 15.4. The standard InChI is InChI=1S/C19H12ClN3O2/c20-15-8-2-1-7-14(15)18(24)22-13-6-3-5-12(11-13)19-23-17-16(25-19)9-4-10-21-17/h1-11H,(H,22,24). The number of oxazole rings is 1. The van der Waals surface area contributed by atoms with Gasteiger partial charge in [0.05, 0.1) is 10.6 Å². The fourth-order valence-electron chi connectivity index (χ4n) is 2.47. The highest BCUT2D eigenvalue weighted by Crippen LogP contribution is 2.26. The fourth-order valence-corrected chi connectivity index (χ4v) is 2.69. The Morgan fingerprint density at radius 1 is 1.04 bits per heavy atom. The summed E-state index contributed by atoms with van der Waals surface area (Å²) in [4.78, 5) is 20.9. The van der Waals surface area contributed by atoms with Gasteiger partial charge in [-0.25, -0.2) is 4.98 Å². The van der Waals surface area contributed by atoms with Gasteiger partial charge in [-0.15, -0.1) is 0 Å². The molecule has 0 spiro atoms. The molecule has 4 rings (SSSR count). The molecule has 0 bridgehead atoms. The van der Waals surface area contributed by atoms with E-state index in [0.717, 1.165) is 5.56 Å². The summed E-state index contributed by atoms with van der Waals surface area (Å²) in [6, 6.07) is 17.8. The van der Waals surface area contributed by atoms with Crippen LogP contribution in [0.3, 0.4) is 0 Å². The second-order valence-corrected chi connectivity index (χ2v) is 5.77. The molecule has 1 amide bonds. The zero-order valence-electron chi connectivity index (χ0n) is 12.9. The molecule has 0 saturated heterocycles. The minimum atomic E-state index is -0.276. The minimum absolute atomic E-state index is 0.276. The lowest BCUT2D eigenvalue weighted by molar-refractivity contribution is 0.102. The van der Waals surface area contributed by atoms with Crippen LogP contribution in [0.4, 0.5) is 5.69 Å². The average molecular weight is 350 g/mol. The van der Waals surface area contributed by atoms with Crippen molar-refractivity contribution in [2.45, 2.75) is 0 Å². The van der Waals surface area contributed by atoms with Crippen molar-refractivity contribution >= 4 is 34.4 Å². The van der Waals surface area contributed by atoms with Gasteiger partial charge in [-0.2, -0.15) is 4.98 Å². The average Bonchev–Trinajstić information content (AvgIpc) is 3.06. The van der Waals surface area contributed by atoms with Crippen molar-refractivity contribution in [3.05, 3.63) is 77.4 Å². The molecule has 4 aromatic rings. The predicted octanol–water partition coefficient (Wildman–Crippen LogP) is 4.80. The van der Waals surface area contributed by atoms with Crippen molar-refractivity contribution in [2.75, 3.05) is 5.32 Å². The van der Waals surface area contributed by atoms with Crippen molar-refractivity contribution in [3.63, 3.8) is 0 Å². The van der Waals surface area contributed by atoms with Gasteiger partial charge in [-0.3, -0.25) is 4.79 Å². The topological polar surface area (TPSA) is 68.0 Å². The molecular formula is C19H12ClN3O2. The van der Waals surface area contributed by atoms with Crippen molar-refractivity contribution < 1.29 is 9.21 Å². The molecule has 5 nitrogen and oxygen atoms in total. The number of hydrogen-bond acceptors (Lipinski definition) is 4. The van der Waals surface area contributed by atoms with Crippen LogP contribution in [0.15, 0.2) is 71.3 Å². The lowest BCUT2D eigenvalue weighted by Gasteiger charge is -2.07. The van der Waals surface area contributed by atoms with Crippen molar-refractivity contribution in [3.8, 4) is 11.5 Å². The van der Waals surface area contributed by atoms with Crippen molar-refractivity contribution in [1.29, 1.82) is 0 Å². The maximum Gasteiger partial charge on any atom is 0.257 e. The van der Waals surface area contributed by atoms with E-state index in [4.69, 9.17) is 16.0 Å². The van der Waals surface area contributed by atoms with E-state index in [9.17, 15) is 4.79 Å². The maximum absolute atomic E-state index is 12.4. The Kier molecular flexibility index (Phi) is 3.91. The van der Waals surface area contributed by atoms with Crippen molar-refractivity contribution in [2.24, 2.45) is 0 Å². The van der Waals surface area contributed by atoms with Crippen LogP contribution in [0.5, 0.6) is 0 Å². The van der Waals surface area contributed by atoms with E-state index >= 15 is 0 Å². The van der Waals surface area contributed by atoms with Gasteiger partial charge < -0.3 is 9.73 Å². The molecule has 1 N–H and O–H groups in total. The van der Waals surface area contributed by atoms with Crippen LogP contribution in [-0.2, 0) is 0 Å². The van der Waals surface area contributed by atoms with Gasteiger partial charge in [0.15, 0.2) is 11.2 Å². The van der Waals surface area contributed by atoms with Crippen LogP contribution in [0.2, 0.25) is 5.02 Å². The third kappa shape index (κ3) is 3.09. The monoisotopic (exact) mass is 349 g/mol. The number of fused-ring (bicyclic) bond motifs is 1. The Balaban J connectivity index is 1.63. The van der Waals surface area contributed by atoms with Crippen LogP contribution in [0.1, 0.15) is 10.4 Å². The highest BCUT2D eigenvalue weighted by atomic mass is 35.5. The first-order valence-electron chi connectivity index (χ1n) is 7.58. The summed E-state index contributed by atoms with van der Waals surface area (Å²) in [6.07, 6.45) is 1.66. The molecule has 2 aromatic heterocycles. The zero-order valence-corrected chi connectivity index (χ0v) is 13.7. The molecule has 25 heavy (non-hydrogen) atoms. The van der Waals surface area contributed by atoms with Gasteiger partial charge in [0.2, 0.25) is 5.89 Å². The number of nitrogens with zero attached hydrogens (tertiary/aromatic N) is 2. The van der Waals surface area contributed by atoms with Gasteiger partial charge >= 0.3 is 0 Å². The second kappa shape index (κ2) is 6.37. The summed E-state index contributed by atoms with van der Waals surface area (Å²) < 4.78 is 5.71. The Hall–Kier alpha value is -3.18. The largest absolute Gasteiger partial charge is 0.434 e. The number of amides is 1. The quantitative estimate of drug-likeness (QED) is 0.577. The van der Waals surface area contributed by atoms with Crippen molar-refractivity contribution in [1.82, 2.24) is 9.97 Å². The molecule has 2 aromatic carbocycles. The number of nitrogens with one attached hydrogen (secondary N) is 1. The third-order valence-corrected chi connectivity index (χ3v) is 3.98. The van der Waals surface area contributed by atoms with Gasteiger partial charge in [0, 0.05) is 17.4 Å². The van der Waals surface area contributed by atoms with Crippen LogP contribution in [0.25, 0.3) is 22.7 Å². The number of carbonyl (C=O) groups is 1. The molecule has 6 heteroatoms. The zero-order chi connectivity index (χ0) is 17.2. The summed E-state index contributed by atoms with van der Waals surface area (Å²) >= 11 is 6.06. The molecule has 0 fully saturated rings. The van der Waals surface area contributed by atoms with E-state index in [1.54, 1.807) is 48.7 Å². The number of aromatic nitrogens is 2. The number of halogens is 1. The van der Waals surface area contributed by atoms with E-state index < -0.39 is 0 Å². The first-order chi connectivity index (χ1) is 12.2. The fraction of sp³-hybridized carbons (Fsp3) is 0. The number of hydrogen-bond donors (Lipinski definition) is 1. The Morgan fingerprint density at radius 2 is 1.92 bits per heavy atom. The molecule has 0 aliphatic heterocycles. The predicted molar refractivity (Wildman–Crippen MR) is 96.6 cm³/mol. The summed E-state index contributed by atoms with van der Waals surface area (Å²) in [6.45, 7) is 0. The van der Waals surface area contributed by atoms with E-state index in [1.807, 2.05) is 18.2 Å². The lowest BCUT2D eigenvalue weighted by Crippen LogP contribution is -2.12. The Morgan fingerprint density at radius 3 is 2.76 bits per heavy atom. The third-order valence-electron chi connectivity index (χ3n) is 3.65. The van der Waals surface area contributed by atoms with Crippen LogP contribution in [0, 0.1) is 0 Å². The van der Waals surface area contributed by atoms with Gasteiger partial charge in [0.1, 0.15) is 0 Å². The molecule has 0 saturated carbocycles. The smallest absolute Gasteiger partial charge is 0.257 e. The second-order valence-electron chi connectivity index (χ2n) is 5.36. The molecule has 0 atom stereocenters. The van der Waals surface area contributed by atoms with Crippen LogP contribution in [-0.4, -0.2) is 15.9 Å². The summed E-state index contributed by atoms with van der Waals surface area (Å²) in [5.41, 5.74) is 2.94. The van der Waals surface area contributed by atoms with Gasteiger partial charge in [0.25, 0.3) is 5.91 Å². The van der Waals surface area contributed by atoms with E-state index in [1.165, 1.54) is 0 Å².